The third kappa shape index (κ3) is 5.51. The van der Waals surface area contributed by atoms with Crippen molar-refractivity contribution in [1.82, 2.24) is 4.90 Å². The normalized spacial score (nSPS) is 13.5. The van der Waals surface area contributed by atoms with Crippen molar-refractivity contribution in [2.24, 2.45) is 0 Å². The Labute approximate surface area is 225 Å². The minimum absolute atomic E-state index is 0.227. The molecule has 0 atom stereocenters. The Bertz CT molecular complexity index is 1470. The maximum absolute atomic E-state index is 11.9. The number of benzene rings is 3. The topological polar surface area (TPSA) is 88.1 Å². The average molecular weight is 531 g/mol. The number of methoxy groups -OCH3 is 2. The monoisotopic (exact) mass is 530 g/mol. The van der Waals surface area contributed by atoms with Crippen molar-refractivity contribution < 1.29 is 24.2 Å². The van der Waals surface area contributed by atoms with E-state index in [1.807, 2.05) is 18.2 Å². The van der Waals surface area contributed by atoms with Crippen molar-refractivity contribution in [3.8, 4) is 21.9 Å². The molecule has 2 heterocycles. The number of carbonyl (C=O) groups excluding carboxylic acids is 2. The summed E-state index contributed by atoms with van der Waals surface area (Å²) < 4.78 is 11.2. The van der Waals surface area contributed by atoms with E-state index >= 15 is 0 Å². The number of likely N-dealkylation sites (tertiary alicyclic amines) is 1. The van der Waals surface area contributed by atoms with E-state index in [1.54, 1.807) is 42.7 Å². The van der Waals surface area contributed by atoms with Gasteiger partial charge in [-0.3, -0.25) is 9.69 Å². The molecule has 7 nitrogen and oxygen atoms in total. The van der Waals surface area contributed by atoms with E-state index in [0.29, 0.717) is 12.1 Å². The largest absolute Gasteiger partial charge is 0.508 e. The molecule has 0 unspecified atom stereocenters. The number of rotatable bonds is 7. The fraction of sp³-hybridized carbons (Fsp3) is 0.267. The zero-order valence-electron chi connectivity index (χ0n) is 21.5. The first kappa shape index (κ1) is 25.8. The molecular weight excluding hydrogens is 500 g/mol. The van der Waals surface area contributed by atoms with Crippen LogP contribution in [0.2, 0.25) is 0 Å². The first-order valence-electron chi connectivity index (χ1n) is 12.6. The SMILES string of the molecule is COC(=O)C(=O)Nc1ccc(-c2sc3cc(O)ccc3c2Cc2ccc(CN3CCCC3)c(OC)c2)cc1. The van der Waals surface area contributed by atoms with Crippen molar-refractivity contribution in [2.45, 2.75) is 25.8 Å². The summed E-state index contributed by atoms with van der Waals surface area (Å²) in [4.78, 5) is 26.8. The summed E-state index contributed by atoms with van der Waals surface area (Å²) in [5.41, 5.74) is 4.98. The molecule has 0 saturated carbocycles. The number of nitrogens with zero attached hydrogens (tertiary/aromatic N) is 1. The van der Waals surface area contributed by atoms with E-state index in [9.17, 15) is 14.7 Å². The predicted octanol–water partition coefficient (Wildman–Crippen LogP) is 5.58. The number of fused-ring (bicyclic) bond motifs is 1. The van der Waals surface area contributed by atoms with Gasteiger partial charge < -0.3 is 19.9 Å². The van der Waals surface area contributed by atoms with Crippen molar-refractivity contribution >= 4 is 39.0 Å². The average Bonchev–Trinajstić information content (AvgIpc) is 3.57. The number of hydrogen-bond donors (Lipinski definition) is 2. The van der Waals surface area contributed by atoms with Crippen LogP contribution in [0.15, 0.2) is 60.7 Å². The van der Waals surface area contributed by atoms with Gasteiger partial charge in [0, 0.05) is 27.4 Å². The van der Waals surface area contributed by atoms with Gasteiger partial charge in [-0.25, -0.2) is 4.79 Å². The number of aromatic hydroxyl groups is 1. The van der Waals surface area contributed by atoms with Crippen molar-refractivity contribution in [1.29, 1.82) is 0 Å². The Morgan fingerprint density at radius 2 is 1.76 bits per heavy atom. The van der Waals surface area contributed by atoms with Gasteiger partial charge in [0.25, 0.3) is 0 Å². The predicted molar refractivity (Wildman–Crippen MR) is 150 cm³/mol. The first-order valence-corrected chi connectivity index (χ1v) is 13.4. The van der Waals surface area contributed by atoms with Crippen molar-refractivity contribution in [3.05, 3.63) is 77.4 Å². The van der Waals surface area contributed by atoms with Crippen molar-refractivity contribution in [3.63, 3.8) is 0 Å². The Hall–Kier alpha value is -3.88. The number of phenolic OH excluding ortho intramolecular Hbond substituents is 1. The molecule has 1 saturated heterocycles. The molecular formula is C30H30N2O5S. The lowest BCUT2D eigenvalue weighted by atomic mass is 9.97. The van der Waals surface area contributed by atoms with Gasteiger partial charge in [0.05, 0.1) is 14.2 Å². The van der Waals surface area contributed by atoms with Crippen LogP contribution in [0, 0.1) is 0 Å². The van der Waals surface area contributed by atoms with Crippen LogP contribution in [0.1, 0.15) is 29.5 Å². The lowest BCUT2D eigenvalue weighted by molar-refractivity contribution is -0.150. The number of esters is 1. The van der Waals surface area contributed by atoms with E-state index in [1.165, 1.54) is 25.5 Å². The number of hydrogen-bond acceptors (Lipinski definition) is 7. The van der Waals surface area contributed by atoms with Crippen LogP contribution in [-0.2, 0) is 27.3 Å². The van der Waals surface area contributed by atoms with Crippen LogP contribution in [0.3, 0.4) is 0 Å². The van der Waals surface area contributed by atoms with Gasteiger partial charge in [0.1, 0.15) is 11.5 Å². The molecule has 1 fully saturated rings. The summed E-state index contributed by atoms with van der Waals surface area (Å²) in [5, 5.41) is 13.7. The minimum atomic E-state index is -0.942. The molecule has 0 radical (unpaired) electrons. The molecule has 38 heavy (non-hydrogen) atoms. The number of ether oxygens (including phenoxy) is 2. The van der Waals surface area contributed by atoms with Gasteiger partial charge >= 0.3 is 11.9 Å². The Morgan fingerprint density at radius 1 is 1.00 bits per heavy atom. The molecule has 5 rings (SSSR count). The summed E-state index contributed by atoms with van der Waals surface area (Å²) in [5.74, 6) is -0.632. The quantitative estimate of drug-likeness (QED) is 0.240. The second-order valence-corrected chi connectivity index (χ2v) is 10.5. The molecule has 2 N–H and O–H groups in total. The molecule has 0 aliphatic carbocycles. The van der Waals surface area contributed by atoms with E-state index in [0.717, 1.165) is 57.0 Å². The molecule has 1 amide bonds. The van der Waals surface area contributed by atoms with Gasteiger partial charge in [-0.15, -0.1) is 11.3 Å². The third-order valence-corrected chi connectivity index (χ3v) is 8.12. The molecule has 0 spiro atoms. The lowest BCUT2D eigenvalue weighted by Crippen LogP contribution is -2.23. The highest BCUT2D eigenvalue weighted by atomic mass is 32.1. The van der Waals surface area contributed by atoms with Crippen LogP contribution in [0.5, 0.6) is 11.5 Å². The zero-order valence-corrected chi connectivity index (χ0v) is 22.3. The molecule has 196 valence electrons. The Balaban J connectivity index is 1.46. The number of carbonyl (C=O) groups is 2. The van der Waals surface area contributed by atoms with Crippen LogP contribution >= 0.6 is 11.3 Å². The summed E-state index contributed by atoms with van der Waals surface area (Å²) in [6, 6.07) is 19.3. The van der Waals surface area contributed by atoms with Gasteiger partial charge in [-0.05, 0) is 90.8 Å². The molecule has 1 aliphatic rings. The third-order valence-electron chi connectivity index (χ3n) is 6.88. The van der Waals surface area contributed by atoms with Crippen LogP contribution in [0.25, 0.3) is 20.5 Å². The fourth-order valence-electron chi connectivity index (χ4n) is 4.94. The van der Waals surface area contributed by atoms with Gasteiger partial charge in [-0.2, -0.15) is 0 Å². The van der Waals surface area contributed by atoms with Crippen molar-refractivity contribution in [2.75, 3.05) is 32.6 Å². The smallest absolute Gasteiger partial charge is 0.396 e. The molecule has 8 heteroatoms. The van der Waals surface area contributed by atoms with Gasteiger partial charge in [-0.1, -0.05) is 24.3 Å². The molecule has 3 aromatic carbocycles. The number of thiophene rings is 1. The summed E-state index contributed by atoms with van der Waals surface area (Å²) in [6.45, 7) is 3.16. The maximum Gasteiger partial charge on any atom is 0.396 e. The standard InChI is InChI=1S/C30H30N2O5S/c1-36-26-16-19(5-6-21(26)18-32-13-3-4-14-32)15-25-24-12-11-23(33)17-27(24)38-28(25)20-7-9-22(10-8-20)31-29(34)30(35)37-2/h5-12,16-17,33H,3-4,13-15,18H2,1-2H3,(H,31,34). The van der Waals surface area contributed by atoms with E-state index in [-0.39, 0.29) is 5.75 Å². The summed E-state index contributed by atoms with van der Waals surface area (Å²) in [7, 11) is 2.89. The first-order chi connectivity index (χ1) is 18.4. The maximum atomic E-state index is 11.9. The number of nitrogens with one attached hydrogen (secondary N) is 1. The van der Waals surface area contributed by atoms with Crippen LogP contribution in [-0.4, -0.2) is 49.2 Å². The lowest BCUT2D eigenvalue weighted by Gasteiger charge is -2.18. The second-order valence-electron chi connectivity index (χ2n) is 9.42. The fourth-order valence-corrected chi connectivity index (χ4v) is 6.20. The van der Waals surface area contributed by atoms with E-state index in [2.05, 4.69) is 33.2 Å². The van der Waals surface area contributed by atoms with Gasteiger partial charge in [0.15, 0.2) is 0 Å². The van der Waals surface area contributed by atoms with Crippen LogP contribution < -0.4 is 10.1 Å². The number of phenols is 1. The van der Waals surface area contributed by atoms with Crippen LogP contribution in [0.4, 0.5) is 5.69 Å². The Kier molecular flexibility index (Phi) is 7.62. The molecule has 1 aliphatic heterocycles. The highest BCUT2D eigenvalue weighted by Crippen LogP contribution is 2.41. The van der Waals surface area contributed by atoms with E-state index < -0.39 is 11.9 Å². The second kappa shape index (κ2) is 11.2. The van der Waals surface area contributed by atoms with Gasteiger partial charge in [0.2, 0.25) is 0 Å². The number of anilines is 1. The highest BCUT2D eigenvalue weighted by Gasteiger charge is 2.19. The highest BCUT2D eigenvalue weighted by molar-refractivity contribution is 7.22. The summed E-state index contributed by atoms with van der Waals surface area (Å²) >= 11 is 1.61. The molecule has 0 bridgehead atoms. The molecule has 1 aromatic heterocycles. The zero-order chi connectivity index (χ0) is 26.6. The van der Waals surface area contributed by atoms with E-state index in [4.69, 9.17) is 4.74 Å². The Morgan fingerprint density at radius 3 is 2.47 bits per heavy atom. The molecule has 4 aromatic rings. The number of amides is 1. The summed E-state index contributed by atoms with van der Waals surface area (Å²) in [6.07, 6.45) is 3.20. The minimum Gasteiger partial charge on any atom is -0.508 e.